The van der Waals surface area contributed by atoms with Crippen LogP contribution in [-0.2, 0) is 11.2 Å². The van der Waals surface area contributed by atoms with Gasteiger partial charge in [0, 0.05) is 12.3 Å². The molecule has 1 unspecified atom stereocenters. The molecule has 0 fully saturated rings. The van der Waals surface area contributed by atoms with Gasteiger partial charge >= 0.3 is 0 Å². The first-order valence-corrected chi connectivity index (χ1v) is 4.63. The number of aromatic nitrogens is 4. The lowest BCUT2D eigenvalue weighted by atomic mass is 9.90. The van der Waals surface area contributed by atoms with E-state index in [0.717, 1.165) is 0 Å². The number of H-pyrrole nitrogens is 1. The van der Waals surface area contributed by atoms with Crippen molar-refractivity contribution in [2.24, 2.45) is 17.6 Å². The largest absolute Gasteiger partial charge is 0.369 e. The number of rotatable bonds is 5. The highest BCUT2D eigenvalue weighted by Crippen LogP contribution is 2.16. The number of aryl methyl sites for hydroxylation is 1. The molecule has 0 saturated heterocycles. The molecule has 78 valence electrons. The van der Waals surface area contributed by atoms with Crippen molar-refractivity contribution in [1.82, 2.24) is 20.6 Å². The van der Waals surface area contributed by atoms with Crippen LogP contribution in [-0.4, -0.2) is 26.5 Å². The summed E-state index contributed by atoms with van der Waals surface area (Å²) >= 11 is 0. The van der Waals surface area contributed by atoms with Crippen molar-refractivity contribution in [2.75, 3.05) is 0 Å². The van der Waals surface area contributed by atoms with E-state index in [1.165, 1.54) is 0 Å². The van der Waals surface area contributed by atoms with E-state index in [2.05, 4.69) is 20.6 Å². The highest BCUT2D eigenvalue weighted by Gasteiger charge is 2.19. The van der Waals surface area contributed by atoms with Crippen molar-refractivity contribution in [3.8, 4) is 0 Å². The number of primary amides is 1. The Morgan fingerprint density at radius 2 is 2.29 bits per heavy atom. The van der Waals surface area contributed by atoms with Gasteiger partial charge in [-0.1, -0.05) is 19.1 Å². The smallest absolute Gasteiger partial charge is 0.220 e. The van der Waals surface area contributed by atoms with Crippen molar-refractivity contribution in [2.45, 2.75) is 26.7 Å². The van der Waals surface area contributed by atoms with E-state index >= 15 is 0 Å². The Balaban J connectivity index is 2.45. The summed E-state index contributed by atoms with van der Waals surface area (Å²) in [4.78, 5) is 11.1. The van der Waals surface area contributed by atoms with E-state index in [4.69, 9.17) is 5.73 Å². The monoisotopic (exact) mass is 197 g/mol. The standard InChI is InChI=1S/C8H15N5O/c1-5(2)6(8(9)14)3-4-7-10-12-13-11-7/h5-6H,3-4H2,1-2H3,(H2,9,14)(H,10,11,12,13). The summed E-state index contributed by atoms with van der Waals surface area (Å²) in [6.45, 7) is 3.96. The van der Waals surface area contributed by atoms with E-state index in [0.29, 0.717) is 18.7 Å². The molecule has 1 rings (SSSR count). The molecular weight excluding hydrogens is 182 g/mol. The molecule has 0 aliphatic heterocycles. The van der Waals surface area contributed by atoms with Gasteiger partial charge in [0.25, 0.3) is 0 Å². The third kappa shape index (κ3) is 2.79. The lowest BCUT2D eigenvalue weighted by molar-refractivity contribution is -0.123. The predicted octanol–water partition coefficient (Wildman–Crippen LogP) is -0.110. The molecule has 6 heteroatoms. The maximum absolute atomic E-state index is 11.1. The molecule has 1 aromatic rings. The second-order valence-electron chi connectivity index (χ2n) is 3.62. The first-order chi connectivity index (χ1) is 6.61. The quantitative estimate of drug-likeness (QED) is 0.688. The molecule has 1 heterocycles. The van der Waals surface area contributed by atoms with Crippen LogP contribution in [0.3, 0.4) is 0 Å². The summed E-state index contributed by atoms with van der Waals surface area (Å²) in [7, 11) is 0. The molecule has 0 aliphatic carbocycles. The molecule has 0 aliphatic rings. The van der Waals surface area contributed by atoms with Crippen molar-refractivity contribution < 1.29 is 4.79 Å². The third-order valence-corrected chi connectivity index (χ3v) is 2.24. The van der Waals surface area contributed by atoms with Crippen LogP contribution in [0.5, 0.6) is 0 Å². The van der Waals surface area contributed by atoms with Gasteiger partial charge in [-0.25, -0.2) is 0 Å². The Morgan fingerprint density at radius 3 is 2.71 bits per heavy atom. The van der Waals surface area contributed by atoms with Crippen LogP contribution in [0.25, 0.3) is 0 Å². The molecule has 14 heavy (non-hydrogen) atoms. The average molecular weight is 197 g/mol. The summed E-state index contributed by atoms with van der Waals surface area (Å²) in [5, 5.41) is 13.4. The highest BCUT2D eigenvalue weighted by atomic mass is 16.1. The van der Waals surface area contributed by atoms with E-state index in [1.807, 2.05) is 13.8 Å². The first kappa shape index (κ1) is 10.6. The van der Waals surface area contributed by atoms with Crippen LogP contribution in [0.4, 0.5) is 0 Å². The van der Waals surface area contributed by atoms with Crippen LogP contribution >= 0.6 is 0 Å². The van der Waals surface area contributed by atoms with Crippen molar-refractivity contribution >= 4 is 5.91 Å². The van der Waals surface area contributed by atoms with Crippen molar-refractivity contribution in [1.29, 1.82) is 0 Å². The number of hydrogen-bond acceptors (Lipinski definition) is 4. The zero-order valence-corrected chi connectivity index (χ0v) is 8.40. The molecule has 1 atom stereocenters. The second kappa shape index (κ2) is 4.69. The van der Waals surface area contributed by atoms with E-state index in [1.54, 1.807) is 0 Å². The Morgan fingerprint density at radius 1 is 1.57 bits per heavy atom. The first-order valence-electron chi connectivity index (χ1n) is 4.63. The number of carbonyl (C=O) groups excluding carboxylic acids is 1. The van der Waals surface area contributed by atoms with Crippen LogP contribution in [0.2, 0.25) is 0 Å². The number of amides is 1. The van der Waals surface area contributed by atoms with E-state index in [9.17, 15) is 4.79 Å². The SMILES string of the molecule is CC(C)C(CCc1nn[nH]n1)C(N)=O. The van der Waals surface area contributed by atoms with Crippen LogP contribution in [0, 0.1) is 11.8 Å². The van der Waals surface area contributed by atoms with Gasteiger partial charge in [-0.3, -0.25) is 4.79 Å². The number of hydrogen-bond donors (Lipinski definition) is 2. The fourth-order valence-corrected chi connectivity index (χ4v) is 1.38. The Hall–Kier alpha value is -1.46. The molecule has 1 amide bonds. The van der Waals surface area contributed by atoms with Gasteiger partial charge < -0.3 is 5.73 Å². The van der Waals surface area contributed by atoms with Gasteiger partial charge in [0.05, 0.1) is 0 Å². The lowest BCUT2D eigenvalue weighted by Gasteiger charge is -2.15. The van der Waals surface area contributed by atoms with Gasteiger partial charge in [-0.15, -0.1) is 10.2 Å². The predicted molar refractivity (Wildman–Crippen MR) is 50.0 cm³/mol. The molecule has 1 aromatic heterocycles. The third-order valence-electron chi connectivity index (χ3n) is 2.24. The fourth-order valence-electron chi connectivity index (χ4n) is 1.38. The summed E-state index contributed by atoms with van der Waals surface area (Å²) < 4.78 is 0. The summed E-state index contributed by atoms with van der Waals surface area (Å²) in [5.41, 5.74) is 5.27. The summed E-state index contributed by atoms with van der Waals surface area (Å²) in [5.74, 6) is 0.494. The minimum Gasteiger partial charge on any atom is -0.369 e. The number of tetrazole rings is 1. The Bertz CT molecular complexity index is 282. The summed E-state index contributed by atoms with van der Waals surface area (Å²) in [6.07, 6.45) is 1.30. The molecule has 0 radical (unpaired) electrons. The van der Waals surface area contributed by atoms with Gasteiger partial charge in [0.1, 0.15) is 0 Å². The molecule has 0 saturated carbocycles. The Labute approximate surface area is 82.3 Å². The van der Waals surface area contributed by atoms with Crippen LogP contribution in [0.1, 0.15) is 26.1 Å². The zero-order valence-electron chi connectivity index (χ0n) is 8.40. The topological polar surface area (TPSA) is 97.6 Å². The number of aromatic amines is 1. The molecular formula is C8H15N5O. The minimum atomic E-state index is -0.261. The summed E-state index contributed by atoms with van der Waals surface area (Å²) in [6, 6.07) is 0. The maximum Gasteiger partial charge on any atom is 0.220 e. The fraction of sp³-hybridized carbons (Fsp3) is 0.750. The molecule has 0 spiro atoms. The average Bonchev–Trinajstić information content (AvgIpc) is 2.55. The number of nitrogens with zero attached hydrogens (tertiary/aromatic N) is 3. The van der Waals surface area contributed by atoms with E-state index < -0.39 is 0 Å². The molecule has 6 nitrogen and oxygen atoms in total. The van der Waals surface area contributed by atoms with Gasteiger partial charge in [-0.2, -0.15) is 5.21 Å². The normalized spacial score (nSPS) is 13.1. The number of nitrogens with two attached hydrogens (primary N) is 1. The zero-order chi connectivity index (χ0) is 10.6. The lowest BCUT2D eigenvalue weighted by Crippen LogP contribution is -2.28. The number of nitrogens with one attached hydrogen (secondary N) is 1. The molecule has 0 aromatic carbocycles. The van der Waals surface area contributed by atoms with Crippen LogP contribution < -0.4 is 5.73 Å². The van der Waals surface area contributed by atoms with E-state index in [-0.39, 0.29) is 17.7 Å². The van der Waals surface area contributed by atoms with Crippen molar-refractivity contribution in [3.05, 3.63) is 5.82 Å². The second-order valence-corrected chi connectivity index (χ2v) is 3.62. The Kier molecular flexibility index (Phi) is 3.55. The van der Waals surface area contributed by atoms with Crippen molar-refractivity contribution in [3.63, 3.8) is 0 Å². The molecule has 3 N–H and O–H groups in total. The van der Waals surface area contributed by atoms with Gasteiger partial charge in [-0.05, 0) is 12.3 Å². The van der Waals surface area contributed by atoms with Gasteiger partial charge in [0.15, 0.2) is 5.82 Å². The number of carbonyl (C=O) groups is 1. The van der Waals surface area contributed by atoms with Crippen LogP contribution in [0.15, 0.2) is 0 Å². The highest BCUT2D eigenvalue weighted by molar-refractivity contribution is 5.76. The molecule has 0 bridgehead atoms. The van der Waals surface area contributed by atoms with Gasteiger partial charge in [0.2, 0.25) is 5.91 Å². The minimum absolute atomic E-state index is 0.117. The maximum atomic E-state index is 11.1.